The Morgan fingerprint density at radius 1 is 0.793 bits per heavy atom. The highest BCUT2D eigenvalue weighted by molar-refractivity contribution is 5.93. The van der Waals surface area contributed by atoms with Crippen molar-refractivity contribution in [2.24, 2.45) is 0 Å². The van der Waals surface area contributed by atoms with Gasteiger partial charge in [-0.25, -0.2) is 0 Å². The van der Waals surface area contributed by atoms with Gasteiger partial charge in [0.25, 0.3) is 0 Å². The monoisotopic (exact) mass is 385 g/mol. The summed E-state index contributed by atoms with van der Waals surface area (Å²) < 4.78 is 5.31. The predicted octanol–water partition coefficient (Wildman–Crippen LogP) is 4.45. The first-order valence-corrected chi connectivity index (χ1v) is 9.62. The zero-order valence-electron chi connectivity index (χ0n) is 16.5. The Kier molecular flexibility index (Phi) is 4.71. The van der Waals surface area contributed by atoms with Gasteiger partial charge in [0.2, 0.25) is 5.91 Å². The van der Waals surface area contributed by atoms with E-state index in [4.69, 9.17) is 4.74 Å². The fourth-order valence-electron chi connectivity index (χ4n) is 4.59. The summed E-state index contributed by atoms with van der Waals surface area (Å²) in [6.45, 7) is 1.48. The SMILES string of the molecule is COC(=O)[C@@]1(c2ccccc2)C[C@@]1(c1ccccc1)c1ccc(NC(C)=O)cc1. The number of hydrogen-bond acceptors (Lipinski definition) is 3. The first kappa shape index (κ1) is 18.9. The van der Waals surface area contributed by atoms with Gasteiger partial charge >= 0.3 is 5.97 Å². The summed E-state index contributed by atoms with van der Waals surface area (Å²) in [5, 5.41) is 2.80. The molecule has 0 saturated heterocycles. The van der Waals surface area contributed by atoms with Crippen molar-refractivity contribution in [2.75, 3.05) is 12.4 Å². The average molecular weight is 385 g/mol. The predicted molar refractivity (Wildman–Crippen MR) is 113 cm³/mol. The zero-order chi connectivity index (χ0) is 20.5. The lowest BCUT2D eigenvalue weighted by molar-refractivity contribution is -0.144. The van der Waals surface area contributed by atoms with Crippen LogP contribution in [0.5, 0.6) is 0 Å². The number of ether oxygens (including phenoxy) is 1. The van der Waals surface area contributed by atoms with E-state index in [1.54, 1.807) is 0 Å². The molecule has 1 saturated carbocycles. The van der Waals surface area contributed by atoms with Gasteiger partial charge in [-0.15, -0.1) is 0 Å². The molecule has 3 aromatic rings. The molecule has 2 atom stereocenters. The van der Waals surface area contributed by atoms with Crippen LogP contribution in [-0.4, -0.2) is 19.0 Å². The highest BCUT2D eigenvalue weighted by Crippen LogP contribution is 2.69. The molecular formula is C25H23NO3. The number of carbonyl (C=O) groups is 2. The number of methoxy groups -OCH3 is 1. The van der Waals surface area contributed by atoms with Crippen molar-refractivity contribution in [1.82, 2.24) is 0 Å². The van der Waals surface area contributed by atoms with Gasteiger partial charge in [-0.1, -0.05) is 72.8 Å². The van der Waals surface area contributed by atoms with Crippen LogP contribution in [0, 0.1) is 0 Å². The molecule has 0 spiro atoms. The summed E-state index contributed by atoms with van der Waals surface area (Å²) in [5.74, 6) is -0.353. The Balaban J connectivity index is 1.90. The maximum Gasteiger partial charge on any atom is 0.317 e. The Labute approximate surface area is 170 Å². The molecule has 1 amide bonds. The van der Waals surface area contributed by atoms with Gasteiger partial charge in [0.1, 0.15) is 5.41 Å². The molecule has 29 heavy (non-hydrogen) atoms. The third-order valence-electron chi connectivity index (χ3n) is 5.90. The summed E-state index contributed by atoms with van der Waals surface area (Å²) >= 11 is 0. The van der Waals surface area contributed by atoms with Gasteiger partial charge in [-0.3, -0.25) is 9.59 Å². The first-order valence-electron chi connectivity index (χ1n) is 9.62. The molecule has 0 aliphatic heterocycles. The van der Waals surface area contributed by atoms with Crippen molar-refractivity contribution >= 4 is 17.6 Å². The molecule has 0 unspecified atom stereocenters. The Morgan fingerprint density at radius 2 is 1.31 bits per heavy atom. The van der Waals surface area contributed by atoms with Crippen LogP contribution in [0.4, 0.5) is 5.69 Å². The van der Waals surface area contributed by atoms with Crippen LogP contribution in [0.25, 0.3) is 0 Å². The van der Waals surface area contributed by atoms with Gasteiger partial charge in [-0.05, 0) is 35.2 Å². The summed E-state index contributed by atoms with van der Waals surface area (Å²) in [4.78, 5) is 24.6. The van der Waals surface area contributed by atoms with E-state index in [2.05, 4.69) is 17.4 Å². The largest absolute Gasteiger partial charge is 0.468 e. The van der Waals surface area contributed by atoms with Crippen molar-refractivity contribution in [3.63, 3.8) is 0 Å². The second kappa shape index (κ2) is 7.21. The number of hydrogen-bond donors (Lipinski definition) is 1. The number of nitrogens with one attached hydrogen (secondary N) is 1. The lowest BCUT2D eigenvalue weighted by Crippen LogP contribution is -2.32. The fraction of sp³-hybridized carbons (Fsp3) is 0.200. The Hall–Kier alpha value is -3.40. The van der Waals surface area contributed by atoms with Crippen molar-refractivity contribution in [3.05, 3.63) is 102 Å². The zero-order valence-corrected chi connectivity index (χ0v) is 16.5. The number of rotatable bonds is 5. The molecule has 4 heteroatoms. The molecule has 4 nitrogen and oxygen atoms in total. The number of amides is 1. The van der Waals surface area contributed by atoms with Crippen molar-refractivity contribution < 1.29 is 14.3 Å². The van der Waals surface area contributed by atoms with Crippen LogP contribution in [-0.2, 0) is 25.2 Å². The topological polar surface area (TPSA) is 55.4 Å². The van der Waals surface area contributed by atoms with Crippen molar-refractivity contribution in [2.45, 2.75) is 24.2 Å². The molecule has 4 rings (SSSR count). The maximum atomic E-state index is 13.2. The first-order chi connectivity index (χ1) is 14.0. The van der Waals surface area contributed by atoms with Gasteiger partial charge in [0.05, 0.1) is 7.11 Å². The van der Waals surface area contributed by atoms with E-state index < -0.39 is 10.8 Å². The molecule has 1 N–H and O–H groups in total. The molecule has 1 fully saturated rings. The van der Waals surface area contributed by atoms with Crippen LogP contribution in [0.15, 0.2) is 84.9 Å². The molecule has 0 radical (unpaired) electrons. The van der Waals surface area contributed by atoms with Crippen LogP contribution in [0.3, 0.4) is 0 Å². The van der Waals surface area contributed by atoms with E-state index >= 15 is 0 Å². The van der Waals surface area contributed by atoms with Crippen LogP contribution in [0.1, 0.15) is 30.0 Å². The average Bonchev–Trinajstić information content (AvgIpc) is 3.47. The van der Waals surface area contributed by atoms with Gasteiger partial charge < -0.3 is 10.1 Å². The molecule has 146 valence electrons. The Bertz CT molecular complexity index is 1030. The molecular weight excluding hydrogens is 362 g/mol. The summed E-state index contributed by atoms with van der Waals surface area (Å²) in [6.07, 6.45) is 0.625. The minimum atomic E-state index is -0.792. The van der Waals surface area contributed by atoms with Gasteiger partial charge in [0, 0.05) is 18.0 Å². The fourth-order valence-corrected chi connectivity index (χ4v) is 4.59. The summed E-state index contributed by atoms with van der Waals surface area (Å²) in [6, 6.07) is 27.7. The third kappa shape index (κ3) is 2.92. The minimum absolute atomic E-state index is 0.116. The lowest BCUT2D eigenvalue weighted by atomic mass is 9.77. The van der Waals surface area contributed by atoms with E-state index in [-0.39, 0.29) is 11.9 Å². The third-order valence-corrected chi connectivity index (χ3v) is 5.90. The van der Waals surface area contributed by atoms with Crippen LogP contribution < -0.4 is 5.32 Å². The molecule has 0 aromatic heterocycles. The van der Waals surface area contributed by atoms with E-state index in [1.165, 1.54) is 14.0 Å². The maximum absolute atomic E-state index is 13.2. The van der Waals surface area contributed by atoms with Crippen LogP contribution >= 0.6 is 0 Å². The molecule has 0 bridgehead atoms. The van der Waals surface area contributed by atoms with Gasteiger partial charge in [-0.2, -0.15) is 0 Å². The number of esters is 1. The molecule has 0 heterocycles. The molecule has 1 aliphatic carbocycles. The Morgan fingerprint density at radius 3 is 1.83 bits per heavy atom. The summed E-state index contributed by atoms with van der Waals surface area (Å²) in [7, 11) is 1.45. The van der Waals surface area contributed by atoms with E-state index in [0.29, 0.717) is 6.42 Å². The van der Waals surface area contributed by atoms with Crippen molar-refractivity contribution in [1.29, 1.82) is 0 Å². The number of benzene rings is 3. The molecule has 3 aromatic carbocycles. The van der Waals surface area contributed by atoms with Crippen LogP contribution in [0.2, 0.25) is 0 Å². The smallest absolute Gasteiger partial charge is 0.317 e. The second-order valence-electron chi connectivity index (χ2n) is 7.47. The van der Waals surface area contributed by atoms with E-state index in [1.807, 2.05) is 72.8 Å². The quantitative estimate of drug-likeness (QED) is 0.661. The normalized spacial score (nSPS) is 22.6. The van der Waals surface area contributed by atoms with Crippen molar-refractivity contribution in [3.8, 4) is 0 Å². The van der Waals surface area contributed by atoms with Gasteiger partial charge in [0.15, 0.2) is 0 Å². The highest BCUT2D eigenvalue weighted by Gasteiger charge is 2.74. The highest BCUT2D eigenvalue weighted by atomic mass is 16.5. The van der Waals surface area contributed by atoms with E-state index in [9.17, 15) is 9.59 Å². The second-order valence-corrected chi connectivity index (χ2v) is 7.47. The summed E-state index contributed by atoms with van der Waals surface area (Å²) in [5.41, 5.74) is 2.45. The minimum Gasteiger partial charge on any atom is -0.468 e. The number of carbonyl (C=O) groups excluding carboxylic acids is 2. The molecule has 1 aliphatic rings. The number of anilines is 1. The lowest BCUT2D eigenvalue weighted by Gasteiger charge is -2.26. The van der Waals surface area contributed by atoms with E-state index in [0.717, 1.165) is 22.4 Å². The standard InChI is InChI=1S/C25H23NO3/c1-18(27)26-22-15-13-21(14-16-22)24(19-9-5-3-6-10-19)17-25(24,23(28)29-2)20-11-7-4-8-12-20/h3-16H,17H2,1-2H3,(H,26,27)/t24-,25+/m1/s1.